The van der Waals surface area contributed by atoms with Gasteiger partial charge in [0, 0.05) is 42.1 Å². The third kappa shape index (κ3) is 6.01. The molecule has 10 rings (SSSR count). The maximum Gasteiger partial charge on any atom is 0.122 e. The Kier molecular flexibility index (Phi) is 8.26. The fourth-order valence-corrected chi connectivity index (χ4v) is 11.1. The van der Waals surface area contributed by atoms with Crippen molar-refractivity contribution in [3.63, 3.8) is 0 Å². The number of rotatable bonds is 5. The smallest absolute Gasteiger partial charge is 0.122 e. The second kappa shape index (κ2) is 13.3. The van der Waals surface area contributed by atoms with Crippen LogP contribution in [-0.4, -0.2) is 24.7 Å². The van der Waals surface area contributed by atoms with E-state index in [0.717, 1.165) is 44.1 Å². The minimum atomic E-state index is -0.919. The molecule has 1 aliphatic heterocycles. The van der Waals surface area contributed by atoms with E-state index in [1.54, 1.807) is 6.08 Å². The highest BCUT2D eigenvalue weighted by molar-refractivity contribution is 7.25. The van der Waals surface area contributed by atoms with Crippen molar-refractivity contribution in [1.29, 1.82) is 0 Å². The Hall–Kier alpha value is -3.91. The minimum Gasteiger partial charge on any atom is -0.628 e. The van der Waals surface area contributed by atoms with Crippen LogP contribution in [0.25, 0.3) is 47.2 Å². The molecule has 3 heterocycles. The number of alkyl halides is 1. The van der Waals surface area contributed by atoms with Gasteiger partial charge in [-0.2, -0.15) is 0 Å². The number of hydrogen-bond donors (Lipinski definition) is 2. The number of nitrogens with one attached hydrogen (secondary N) is 2. The molecule has 51 heavy (non-hydrogen) atoms. The standard InChI is InChI=1S/C45H41FN3S2/c46-34-18-14-28(15-19-34)44-47-43(27-8-2-1-3-9-27)48-45(49-44)33-23-31(29-16-20-41-37(25-29)35-10-4-6-12-39(35)50-41)22-32(24-33)30-17-21-42-38(26-30)36-11-5-7-13-40(36)51-42/h2,4,6-10,12-18,20-22,25-26,32-34,43-45,47-48H,1,3,5,11,19,23-24H2/q-1. The van der Waals surface area contributed by atoms with Crippen molar-refractivity contribution in [3.05, 3.63) is 147 Å². The summed E-state index contributed by atoms with van der Waals surface area (Å²) in [6.45, 7) is 0. The summed E-state index contributed by atoms with van der Waals surface area (Å²) in [5, 5.41) is 17.4. The van der Waals surface area contributed by atoms with Crippen LogP contribution in [-0.2, 0) is 6.42 Å². The minimum absolute atomic E-state index is 0.0190. The number of halogens is 1. The third-order valence-corrected chi connectivity index (χ3v) is 13.8. The molecule has 6 atom stereocenters. The first-order chi connectivity index (χ1) is 25.1. The average Bonchev–Trinajstić information content (AvgIpc) is 3.76. The van der Waals surface area contributed by atoms with E-state index in [0.29, 0.717) is 6.42 Å². The van der Waals surface area contributed by atoms with E-state index in [2.05, 4.69) is 108 Å². The van der Waals surface area contributed by atoms with Crippen LogP contribution in [0.5, 0.6) is 0 Å². The lowest BCUT2D eigenvalue weighted by Crippen LogP contribution is -2.60. The van der Waals surface area contributed by atoms with Gasteiger partial charge in [-0.1, -0.05) is 96.8 Å². The summed E-state index contributed by atoms with van der Waals surface area (Å²) in [5.74, 6) is 0.550. The molecule has 1 fully saturated rings. The van der Waals surface area contributed by atoms with Crippen LogP contribution in [0.2, 0.25) is 0 Å². The van der Waals surface area contributed by atoms with E-state index in [1.807, 2.05) is 34.8 Å². The lowest BCUT2D eigenvalue weighted by atomic mass is 9.75. The second-order valence-electron chi connectivity index (χ2n) is 14.7. The van der Waals surface area contributed by atoms with Crippen molar-refractivity contribution in [1.82, 2.24) is 10.6 Å². The topological polar surface area (TPSA) is 38.2 Å². The highest BCUT2D eigenvalue weighted by Gasteiger charge is 2.32. The quantitative estimate of drug-likeness (QED) is 0.191. The second-order valence-corrected chi connectivity index (χ2v) is 16.9. The highest BCUT2D eigenvalue weighted by atomic mass is 32.1. The van der Waals surface area contributed by atoms with E-state index in [9.17, 15) is 4.39 Å². The van der Waals surface area contributed by atoms with Gasteiger partial charge in [0.25, 0.3) is 0 Å². The summed E-state index contributed by atoms with van der Waals surface area (Å²) in [5.41, 5.74) is 7.97. The molecule has 4 aliphatic carbocycles. The molecular weight excluding hydrogens is 666 g/mol. The first kappa shape index (κ1) is 31.8. The van der Waals surface area contributed by atoms with Gasteiger partial charge in [0.1, 0.15) is 6.17 Å². The van der Waals surface area contributed by atoms with Gasteiger partial charge in [0.15, 0.2) is 0 Å². The van der Waals surface area contributed by atoms with Crippen LogP contribution in [0.3, 0.4) is 0 Å². The van der Waals surface area contributed by atoms with Crippen molar-refractivity contribution in [2.75, 3.05) is 0 Å². The molecule has 0 spiro atoms. The number of aryl methyl sites for hydroxylation is 1. The molecule has 256 valence electrons. The summed E-state index contributed by atoms with van der Waals surface area (Å²) in [4.78, 5) is 1.42. The first-order valence-corrected chi connectivity index (χ1v) is 20.2. The molecule has 6 heteroatoms. The number of allylic oxidation sites excluding steroid dienone is 7. The van der Waals surface area contributed by atoms with Gasteiger partial charge in [-0.3, -0.25) is 0 Å². The van der Waals surface area contributed by atoms with Crippen LogP contribution in [0.15, 0.2) is 120 Å². The van der Waals surface area contributed by atoms with E-state index in [1.165, 1.54) is 63.0 Å². The van der Waals surface area contributed by atoms with Crippen LogP contribution in [0.4, 0.5) is 4.39 Å². The lowest BCUT2D eigenvalue weighted by molar-refractivity contribution is 0.271. The molecule has 0 radical (unpaired) electrons. The fraction of sp³-hybridized carbons (Fsp3) is 0.289. The molecule has 0 bridgehead atoms. The summed E-state index contributed by atoms with van der Waals surface area (Å²) < 4.78 is 18.2. The van der Waals surface area contributed by atoms with Crippen molar-refractivity contribution < 1.29 is 4.39 Å². The van der Waals surface area contributed by atoms with Crippen LogP contribution in [0, 0.1) is 5.92 Å². The Balaban J connectivity index is 1.05. The van der Waals surface area contributed by atoms with Gasteiger partial charge < -0.3 is 16.0 Å². The average molecular weight is 707 g/mol. The Labute approximate surface area is 307 Å². The van der Waals surface area contributed by atoms with Crippen molar-refractivity contribution in [2.24, 2.45) is 5.92 Å². The summed E-state index contributed by atoms with van der Waals surface area (Å²) in [7, 11) is 0. The van der Waals surface area contributed by atoms with E-state index in [4.69, 9.17) is 5.32 Å². The fourth-order valence-electron chi connectivity index (χ4n) is 8.83. The number of hydrogen-bond acceptors (Lipinski definition) is 4. The number of fused-ring (bicyclic) bond motifs is 6. The Morgan fingerprint density at radius 1 is 0.765 bits per heavy atom. The van der Waals surface area contributed by atoms with Crippen molar-refractivity contribution in [3.8, 4) is 0 Å². The monoisotopic (exact) mass is 706 g/mol. The maximum atomic E-state index is 14.2. The Bertz CT molecular complexity index is 2350. The van der Waals surface area contributed by atoms with Crippen LogP contribution >= 0.6 is 22.7 Å². The molecule has 3 aromatic carbocycles. The van der Waals surface area contributed by atoms with E-state index < -0.39 is 6.17 Å². The molecule has 5 aromatic rings. The normalized spacial score (nSPS) is 27.8. The van der Waals surface area contributed by atoms with Gasteiger partial charge in [-0.15, -0.1) is 22.7 Å². The predicted molar refractivity (Wildman–Crippen MR) is 216 cm³/mol. The van der Waals surface area contributed by atoms with Gasteiger partial charge in [-0.25, -0.2) is 4.39 Å². The molecule has 2 aromatic heterocycles. The Morgan fingerprint density at radius 3 is 2.55 bits per heavy atom. The largest absolute Gasteiger partial charge is 0.628 e. The zero-order valence-corrected chi connectivity index (χ0v) is 30.2. The molecular formula is C45H41FN3S2-. The van der Waals surface area contributed by atoms with Crippen molar-refractivity contribution in [2.45, 2.75) is 75.5 Å². The lowest BCUT2D eigenvalue weighted by Gasteiger charge is -2.54. The van der Waals surface area contributed by atoms with Gasteiger partial charge >= 0.3 is 0 Å². The van der Waals surface area contributed by atoms with Gasteiger partial charge in [0.2, 0.25) is 0 Å². The zero-order chi connectivity index (χ0) is 33.9. The molecule has 1 saturated heterocycles. The molecule has 0 saturated carbocycles. The van der Waals surface area contributed by atoms with Gasteiger partial charge in [0.05, 0.1) is 6.17 Å². The maximum absolute atomic E-state index is 14.2. The van der Waals surface area contributed by atoms with Gasteiger partial charge in [-0.05, 0) is 114 Å². The van der Waals surface area contributed by atoms with Crippen LogP contribution < -0.4 is 10.6 Å². The van der Waals surface area contributed by atoms with Crippen LogP contribution in [0.1, 0.15) is 66.0 Å². The summed E-state index contributed by atoms with van der Waals surface area (Å²) >= 11 is 3.81. The molecule has 2 N–H and O–H groups in total. The summed E-state index contributed by atoms with van der Waals surface area (Å²) in [6, 6.07) is 23.1. The zero-order valence-electron chi connectivity index (χ0n) is 28.5. The third-order valence-electron chi connectivity index (χ3n) is 11.5. The summed E-state index contributed by atoms with van der Waals surface area (Å²) in [6.07, 6.45) is 25.3. The highest BCUT2D eigenvalue weighted by Crippen LogP contribution is 2.46. The van der Waals surface area contributed by atoms with E-state index >= 15 is 0 Å². The molecule has 3 nitrogen and oxygen atoms in total. The first-order valence-electron chi connectivity index (χ1n) is 18.6. The number of benzene rings is 3. The Morgan fingerprint density at radius 2 is 1.65 bits per heavy atom. The molecule has 0 amide bonds. The van der Waals surface area contributed by atoms with Crippen molar-refractivity contribution >= 4 is 64.6 Å². The number of nitrogens with zero attached hydrogens (tertiary/aromatic N) is 1. The molecule has 5 aliphatic rings. The predicted octanol–water partition coefficient (Wildman–Crippen LogP) is 11.9. The molecule has 6 unspecified atom stereocenters. The number of thiophene rings is 2. The SMILES string of the molecule is FC1C=CC(C2[N-]C(C3CC(c4ccc5sc6ccccc6c5c4)=CC(c4ccc5sc6c(c5c4)CCC=C6)C3)NC(C3=CCCC=C3)N2)=CC1. The van der Waals surface area contributed by atoms with E-state index in [-0.39, 0.29) is 30.3 Å².